The summed E-state index contributed by atoms with van der Waals surface area (Å²) in [5.41, 5.74) is 4.47. The Morgan fingerprint density at radius 3 is 2.00 bits per heavy atom. The SMILES string of the molecule is CCC(CC)(c1ccc(OC(C)C(O)C(C)(C)C)c(C)c1)c1ccc(C(=O)CNCC(=O)OC)c(C)c1. The van der Waals surface area contributed by atoms with Gasteiger partial charge < -0.3 is 14.6 Å². The summed E-state index contributed by atoms with van der Waals surface area (Å²) in [6, 6.07) is 12.4. The number of benzene rings is 2. The van der Waals surface area contributed by atoms with E-state index in [-0.39, 0.29) is 35.8 Å². The molecule has 37 heavy (non-hydrogen) atoms. The average molecular weight is 512 g/mol. The van der Waals surface area contributed by atoms with Gasteiger partial charge in [0.25, 0.3) is 0 Å². The van der Waals surface area contributed by atoms with Gasteiger partial charge in [-0.3, -0.25) is 14.9 Å². The summed E-state index contributed by atoms with van der Waals surface area (Å²) in [6.07, 6.45) is 0.879. The third kappa shape index (κ3) is 7.20. The number of hydrogen-bond acceptors (Lipinski definition) is 6. The van der Waals surface area contributed by atoms with Gasteiger partial charge in [-0.15, -0.1) is 0 Å². The van der Waals surface area contributed by atoms with Crippen molar-refractivity contribution in [1.82, 2.24) is 5.32 Å². The summed E-state index contributed by atoms with van der Waals surface area (Å²) < 4.78 is 10.8. The number of ketones is 1. The predicted molar refractivity (Wildman–Crippen MR) is 148 cm³/mol. The van der Waals surface area contributed by atoms with Gasteiger partial charge in [0.2, 0.25) is 0 Å². The van der Waals surface area contributed by atoms with Gasteiger partial charge in [0.1, 0.15) is 11.9 Å². The van der Waals surface area contributed by atoms with Crippen molar-refractivity contribution in [3.63, 3.8) is 0 Å². The normalized spacial score (nSPS) is 13.7. The van der Waals surface area contributed by atoms with Gasteiger partial charge in [-0.1, -0.05) is 65.0 Å². The molecule has 0 aromatic heterocycles. The van der Waals surface area contributed by atoms with E-state index in [1.165, 1.54) is 18.2 Å². The molecule has 2 unspecified atom stereocenters. The molecule has 0 amide bonds. The second-order valence-corrected chi connectivity index (χ2v) is 11.0. The Kier molecular flexibility index (Phi) is 10.5. The molecule has 0 bridgehead atoms. The minimum Gasteiger partial charge on any atom is -0.488 e. The van der Waals surface area contributed by atoms with Crippen molar-refractivity contribution in [2.24, 2.45) is 5.41 Å². The van der Waals surface area contributed by atoms with Crippen LogP contribution in [0.3, 0.4) is 0 Å². The van der Waals surface area contributed by atoms with E-state index >= 15 is 0 Å². The number of hydrogen-bond donors (Lipinski definition) is 2. The Morgan fingerprint density at radius 1 is 0.946 bits per heavy atom. The maximum Gasteiger partial charge on any atom is 0.319 e. The van der Waals surface area contributed by atoms with Gasteiger partial charge in [0.15, 0.2) is 5.78 Å². The van der Waals surface area contributed by atoms with Crippen LogP contribution < -0.4 is 10.1 Å². The third-order valence-corrected chi connectivity index (χ3v) is 7.44. The second kappa shape index (κ2) is 12.7. The van der Waals surface area contributed by atoms with Crippen molar-refractivity contribution in [3.8, 4) is 5.75 Å². The zero-order chi connectivity index (χ0) is 28.0. The van der Waals surface area contributed by atoms with Crippen LogP contribution in [0, 0.1) is 19.3 Å². The van der Waals surface area contributed by atoms with Gasteiger partial charge in [-0.2, -0.15) is 0 Å². The summed E-state index contributed by atoms with van der Waals surface area (Å²) in [7, 11) is 1.32. The van der Waals surface area contributed by atoms with E-state index < -0.39 is 12.1 Å². The number of aliphatic hydroxyl groups is 1. The highest BCUT2D eigenvalue weighted by molar-refractivity contribution is 5.99. The lowest BCUT2D eigenvalue weighted by molar-refractivity contribution is -0.139. The van der Waals surface area contributed by atoms with E-state index in [1.54, 1.807) is 0 Å². The Morgan fingerprint density at radius 2 is 1.51 bits per heavy atom. The number of aliphatic hydroxyl groups excluding tert-OH is 1. The highest BCUT2D eigenvalue weighted by atomic mass is 16.5. The lowest BCUT2D eigenvalue weighted by atomic mass is 9.69. The smallest absolute Gasteiger partial charge is 0.319 e. The van der Waals surface area contributed by atoms with E-state index in [4.69, 9.17) is 4.74 Å². The number of carbonyl (C=O) groups excluding carboxylic acids is 2. The number of Topliss-reactive ketones (excluding diaryl/α,β-unsaturated/α-hetero) is 1. The van der Waals surface area contributed by atoms with Crippen molar-refractivity contribution in [1.29, 1.82) is 0 Å². The highest BCUT2D eigenvalue weighted by Gasteiger charge is 2.33. The van der Waals surface area contributed by atoms with Crippen molar-refractivity contribution < 1.29 is 24.2 Å². The number of esters is 1. The van der Waals surface area contributed by atoms with Crippen molar-refractivity contribution >= 4 is 11.8 Å². The molecule has 2 aromatic rings. The second-order valence-electron chi connectivity index (χ2n) is 11.0. The molecule has 2 rings (SSSR count). The van der Waals surface area contributed by atoms with Crippen LogP contribution in [-0.2, 0) is 14.9 Å². The topological polar surface area (TPSA) is 84.9 Å². The maximum absolute atomic E-state index is 12.7. The largest absolute Gasteiger partial charge is 0.488 e. The van der Waals surface area contributed by atoms with E-state index in [0.717, 1.165) is 29.7 Å². The van der Waals surface area contributed by atoms with Crippen LogP contribution in [-0.4, -0.2) is 49.3 Å². The van der Waals surface area contributed by atoms with Crippen molar-refractivity contribution in [2.45, 2.75) is 85.9 Å². The molecule has 0 aliphatic heterocycles. The van der Waals surface area contributed by atoms with Crippen LogP contribution in [0.2, 0.25) is 0 Å². The highest BCUT2D eigenvalue weighted by Crippen LogP contribution is 2.41. The first-order chi connectivity index (χ1) is 17.3. The fourth-order valence-electron chi connectivity index (χ4n) is 5.00. The quantitative estimate of drug-likeness (QED) is 0.288. The van der Waals surface area contributed by atoms with E-state index in [0.29, 0.717) is 5.56 Å². The lowest BCUT2D eigenvalue weighted by Crippen LogP contribution is -2.39. The fraction of sp³-hybridized carbons (Fsp3) is 0.548. The van der Waals surface area contributed by atoms with Crippen LogP contribution in [0.15, 0.2) is 36.4 Å². The Bertz CT molecular complexity index is 1080. The first-order valence-electron chi connectivity index (χ1n) is 13.2. The van der Waals surface area contributed by atoms with E-state index in [1.807, 2.05) is 53.7 Å². The molecule has 6 heteroatoms. The molecular formula is C31H45NO5. The summed E-state index contributed by atoms with van der Waals surface area (Å²) in [4.78, 5) is 24.0. The fourth-order valence-corrected chi connectivity index (χ4v) is 5.00. The van der Waals surface area contributed by atoms with Crippen LogP contribution >= 0.6 is 0 Å². The van der Waals surface area contributed by atoms with Crippen molar-refractivity contribution in [3.05, 3.63) is 64.2 Å². The molecule has 0 spiro atoms. The summed E-state index contributed by atoms with van der Waals surface area (Å²) >= 11 is 0. The molecule has 2 atom stereocenters. The Balaban J connectivity index is 2.32. The molecular weight excluding hydrogens is 466 g/mol. The Hall–Kier alpha value is -2.70. The third-order valence-electron chi connectivity index (χ3n) is 7.44. The molecule has 2 aromatic carbocycles. The van der Waals surface area contributed by atoms with E-state index in [2.05, 4.69) is 48.2 Å². The number of methoxy groups -OCH3 is 1. The van der Waals surface area contributed by atoms with Gasteiger partial charge >= 0.3 is 5.97 Å². The lowest BCUT2D eigenvalue weighted by Gasteiger charge is -2.35. The zero-order valence-electron chi connectivity index (χ0n) is 24.0. The zero-order valence-corrected chi connectivity index (χ0v) is 24.0. The molecule has 0 fully saturated rings. The van der Waals surface area contributed by atoms with Crippen molar-refractivity contribution in [2.75, 3.05) is 20.2 Å². The predicted octanol–water partition coefficient (Wildman–Crippen LogP) is 5.53. The number of nitrogens with one attached hydrogen (secondary N) is 1. The number of carbonyl (C=O) groups is 2. The minimum absolute atomic E-state index is 0.00115. The summed E-state index contributed by atoms with van der Waals surface area (Å²) in [6.45, 7) is 16.4. The van der Waals surface area contributed by atoms with Gasteiger partial charge in [-0.05, 0) is 67.3 Å². The summed E-state index contributed by atoms with van der Waals surface area (Å²) in [5, 5.41) is 13.5. The molecule has 0 aliphatic carbocycles. The van der Waals surface area contributed by atoms with Crippen LogP contribution in [0.25, 0.3) is 0 Å². The number of aryl methyl sites for hydroxylation is 2. The molecule has 0 aliphatic rings. The van der Waals surface area contributed by atoms with Gasteiger partial charge in [0, 0.05) is 11.0 Å². The molecule has 0 saturated heterocycles. The van der Waals surface area contributed by atoms with Gasteiger partial charge in [0.05, 0.1) is 26.3 Å². The first kappa shape index (κ1) is 30.5. The Labute approximate surface area is 222 Å². The molecule has 0 radical (unpaired) electrons. The molecule has 2 N–H and O–H groups in total. The maximum atomic E-state index is 12.7. The average Bonchev–Trinajstić information content (AvgIpc) is 2.85. The van der Waals surface area contributed by atoms with Crippen LogP contribution in [0.4, 0.5) is 0 Å². The molecule has 6 nitrogen and oxygen atoms in total. The van der Waals surface area contributed by atoms with Crippen LogP contribution in [0.1, 0.15) is 87.0 Å². The first-order valence-corrected chi connectivity index (χ1v) is 13.2. The minimum atomic E-state index is -0.586. The number of ether oxygens (including phenoxy) is 2. The molecule has 0 saturated carbocycles. The van der Waals surface area contributed by atoms with E-state index in [9.17, 15) is 14.7 Å². The number of rotatable bonds is 12. The summed E-state index contributed by atoms with van der Waals surface area (Å²) in [5.74, 6) is 0.315. The molecule has 204 valence electrons. The van der Waals surface area contributed by atoms with Crippen LogP contribution in [0.5, 0.6) is 5.75 Å². The standard InChI is InChI=1S/C31H45NO5/c1-10-31(11-2,23-12-14-25(20(3)16-23)26(33)18-32-19-28(34)36-9)24-13-15-27(21(4)17-24)37-22(5)29(35)30(6,7)8/h12-17,22,29,32,35H,10-11,18-19H2,1-9H3. The molecule has 0 heterocycles. The monoisotopic (exact) mass is 511 g/mol. The van der Waals surface area contributed by atoms with Gasteiger partial charge in [-0.25, -0.2) is 0 Å².